The van der Waals surface area contributed by atoms with Gasteiger partial charge in [0.15, 0.2) is 5.96 Å². The van der Waals surface area contributed by atoms with Crippen LogP contribution in [0.2, 0.25) is 0 Å². The summed E-state index contributed by atoms with van der Waals surface area (Å²) in [6.45, 7) is 6.05. The molecule has 1 aliphatic heterocycles. The maximum atomic E-state index is 11.8. The van der Waals surface area contributed by atoms with Gasteiger partial charge in [-0.05, 0) is 45.2 Å². The summed E-state index contributed by atoms with van der Waals surface area (Å²) >= 11 is 0. The maximum Gasteiger partial charge on any atom is 0.242 e. The number of amides is 1. The Morgan fingerprint density at radius 1 is 1.18 bits per heavy atom. The largest absolute Gasteiger partial charge is 0.352 e. The Morgan fingerprint density at radius 2 is 1.86 bits per heavy atom. The average molecular weight is 302 g/mol. The fraction of sp³-hybridized carbons (Fsp3) is 0.529. The third kappa shape index (κ3) is 5.39. The van der Waals surface area contributed by atoms with E-state index < -0.39 is 0 Å². The number of carbonyl (C=O) groups is 1. The molecule has 0 aliphatic carbocycles. The lowest BCUT2D eigenvalue weighted by molar-refractivity contribution is -0.120. The number of guanidine groups is 1. The van der Waals surface area contributed by atoms with Gasteiger partial charge in [-0.2, -0.15) is 0 Å². The number of hydrogen-bond acceptors (Lipinski definition) is 2. The molecule has 1 aromatic rings. The molecule has 5 nitrogen and oxygen atoms in total. The van der Waals surface area contributed by atoms with Crippen molar-refractivity contribution >= 4 is 17.6 Å². The van der Waals surface area contributed by atoms with Crippen molar-refractivity contribution in [3.63, 3.8) is 0 Å². The molecule has 22 heavy (non-hydrogen) atoms. The van der Waals surface area contributed by atoms with Crippen LogP contribution in [0, 0.1) is 0 Å². The smallest absolute Gasteiger partial charge is 0.242 e. The maximum absolute atomic E-state index is 11.8. The number of rotatable bonds is 4. The third-order valence-electron chi connectivity index (χ3n) is 3.51. The van der Waals surface area contributed by atoms with Crippen molar-refractivity contribution in [1.29, 1.82) is 0 Å². The number of likely N-dealkylation sites (tertiary alicyclic amines) is 1. The zero-order valence-electron chi connectivity index (χ0n) is 13.5. The van der Waals surface area contributed by atoms with E-state index in [4.69, 9.17) is 0 Å². The van der Waals surface area contributed by atoms with Gasteiger partial charge in [-0.15, -0.1) is 0 Å². The van der Waals surface area contributed by atoms with E-state index in [-0.39, 0.29) is 18.5 Å². The molecule has 1 amide bonds. The van der Waals surface area contributed by atoms with Crippen molar-refractivity contribution in [2.75, 3.05) is 25.0 Å². The van der Waals surface area contributed by atoms with E-state index in [1.807, 2.05) is 44.2 Å². The minimum Gasteiger partial charge on any atom is -0.352 e. The first-order chi connectivity index (χ1) is 10.6. The lowest BCUT2D eigenvalue weighted by atomic mass is 10.1. The van der Waals surface area contributed by atoms with Crippen LogP contribution in [0.15, 0.2) is 35.3 Å². The van der Waals surface area contributed by atoms with Gasteiger partial charge in [0.2, 0.25) is 5.91 Å². The standard InChI is InChI=1S/C17H26N4O/c1-14(2)19-16(22)13-18-17(21-11-7-4-8-12-21)20-15-9-5-3-6-10-15/h3,5-6,9-10,14H,4,7-8,11-13H2,1-2H3,(H,18,20)(H,19,22). The molecular weight excluding hydrogens is 276 g/mol. The molecule has 1 heterocycles. The highest BCUT2D eigenvalue weighted by molar-refractivity contribution is 5.95. The zero-order chi connectivity index (χ0) is 15.8. The highest BCUT2D eigenvalue weighted by Crippen LogP contribution is 2.12. The van der Waals surface area contributed by atoms with E-state index in [0.29, 0.717) is 0 Å². The Hall–Kier alpha value is -2.04. The normalized spacial score (nSPS) is 15.8. The van der Waals surface area contributed by atoms with Crippen molar-refractivity contribution < 1.29 is 4.79 Å². The van der Waals surface area contributed by atoms with Crippen molar-refractivity contribution in [2.24, 2.45) is 4.99 Å². The second-order valence-corrected chi connectivity index (χ2v) is 5.90. The van der Waals surface area contributed by atoms with Crippen LogP contribution in [0.5, 0.6) is 0 Å². The number of nitrogens with one attached hydrogen (secondary N) is 2. The Balaban J connectivity index is 2.05. The van der Waals surface area contributed by atoms with Gasteiger partial charge < -0.3 is 15.5 Å². The molecular formula is C17H26N4O. The van der Waals surface area contributed by atoms with Crippen LogP contribution in [0.1, 0.15) is 33.1 Å². The molecule has 2 rings (SSSR count). The Bertz CT molecular complexity index is 493. The number of anilines is 1. The van der Waals surface area contributed by atoms with Crippen molar-refractivity contribution in [1.82, 2.24) is 10.2 Å². The SMILES string of the molecule is CC(C)NC(=O)CN=C(Nc1ccccc1)N1CCCCC1. The van der Waals surface area contributed by atoms with Crippen LogP contribution in [0.25, 0.3) is 0 Å². The molecule has 0 unspecified atom stereocenters. The Labute approximate surface area is 132 Å². The summed E-state index contributed by atoms with van der Waals surface area (Å²) < 4.78 is 0. The third-order valence-corrected chi connectivity index (χ3v) is 3.51. The number of carbonyl (C=O) groups excluding carboxylic acids is 1. The molecule has 0 aromatic heterocycles. The topological polar surface area (TPSA) is 56.7 Å². The first-order valence-electron chi connectivity index (χ1n) is 8.06. The van der Waals surface area contributed by atoms with Crippen molar-refractivity contribution in [3.8, 4) is 0 Å². The van der Waals surface area contributed by atoms with E-state index in [2.05, 4.69) is 20.5 Å². The van der Waals surface area contributed by atoms with Crippen LogP contribution in [0.4, 0.5) is 5.69 Å². The second kappa shape index (κ2) is 8.41. The summed E-state index contributed by atoms with van der Waals surface area (Å²) in [5.74, 6) is 0.754. The van der Waals surface area contributed by atoms with Gasteiger partial charge in [0.25, 0.3) is 0 Å². The number of para-hydroxylation sites is 1. The fourth-order valence-electron chi connectivity index (χ4n) is 2.49. The molecule has 5 heteroatoms. The van der Waals surface area contributed by atoms with E-state index in [9.17, 15) is 4.79 Å². The summed E-state index contributed by atoms with van der Waals surface area (Å²) in [5.41, 5.74) is 0.996. The highest BCUT2D eigenvalue weighted by Gasteiger charge is 2.15. The fourth-order valence-corrected chi connectivity index (χ4v) is 2.49. The highest BCUT2D eigenvalue weighted by atomic mass is 16.1. The molecule has 0 spiro atoms. The lowest BCUT2D eigenvalue weighted by Gasteiger charge is -2.30. The minimum atomic E-state index is -0.0422. The van der Waals surface area contributed by atoms with Gasteiger partial charge in [-0.25, -0.2) is 4.99 Å². The molecule has 120 valence electrons. The lowest BCUT2D eigenvalue weighted by Crippen LogP contribution is -2.41. The number of aliphatic imine (C=N–C) groups is 1. The van der Waals surface area contributed by atoms with E-state index >= 15 is 0 Å². The average Bonchev–Trinajstić information content (AvgIpc) is 2.52. The number of benzene rings is 1. The van der Waals surface area contributed by atoms with Crippen LogP contribution in [0.3, 0.4) is 0 Å². The van der Waals surface area contributed by atoms with Gasteiger partial charge in [-0.3, -0.25) is 4.79 Å². The first-order valence-corrected chi connectivity index (χ1v) is 8.06. The summed E-state index contributed by atoms with van der Waals surface area (Å²) in [5, 5.41) is 6.23. The minimum absolute atomic E-state index is 0.0422. The van der Waals surface area contributed by atoms with E-state index in [1.165, 1.54) is 19.3 Å². The number of piperidine rings is 1. The summed E-state index contributed by atoms with van der Waals surface area (Å²) in [6, 6.07) is 10.1. The molecule has 2 N–H and O–H groups in total. The van der Waals surface area contributed by atoms with E-state index in [1.54, 1.807) is 0 Å². The quantitative estimate of drug-likeness (QED) is 0.663. The van der Waals surface area contributed by atoms with Crippen LogP contribution in [-0.4, -0.2) is 42.4 Å². The predicted octanol–water partition coefficient (Wildman–Crippen LogP) is 2.46. The molecule has 0 bridgehead atoms. The first kappa shape index (κ1) is 16.3. The van der Waals surface area contributed by atoms with Gasteiger partial charge in [0.1, 0.15) is 6.54 Å². The van der Waals surface area contributed by atoms with Gasteiger partial charge in [0, 0.05) is 24.8 Å². The molecule has 1 saturated heterocycles. The zero-order valence-corrected chi connectivity index (χ0v) is 13.5. The number of hydrogen-bond donors (Lipinski definition) is 2. The predicted molar refractivity (Wildman–Crippen MR) is 91.1 cm³/mol. The van der Waals surface area contributed by atoms with Gasteiger partial charge >= 0.3 is 0 Å². The molecule has 1 fully saturated rings. The Morgan fingerprint density at radius 3 is 2.50 bits per heavy atom. The molecule has 1 aliphatic rings. The molecule has 0 radical (unpaired) electrons. The van der Waals surface area contributed by atoms with E-state index in [0.717, 1.165) is 24.7 Å². The van der Waals surface area contributed by atoms with Crippen LogP contribution >= 0.6 is 0 Å². The van der Waals surface area contributed by atoms with Gasteiger partial charge in [0.05, 0.1) is 0 Å². The second-order valence-electron chi connectivity index (χ2n) is 5.90. The molecule has 0 atom stereocenters. The summed E-state index contributed by atoms with van der Waals surface area (Å²) in [4.78, 5) is 18.6. The van der Waals surface area contributed by atoms with Crippen molar-refractivity contribution in [2.45, 2.75) is 39.2 Å². The van der Waals surface area contributed by atoms with Crippen molar-refractivity contribution in [3.05, 3.63) is 30.3 Å². The summed E-state index contributed by atoms with van der Waals surface area (Å²) in [7, 11) is 0. The number of nitrogens with zero attached hydrogens (tertiary/aromatic N) is 2. The van der Waals surface area contributed by atoms with Crippen LogP contribution < -0.4 is 10.6 Å². The Kier molecular flexibility index (Phi) is 6.25. The van der Waals surface area contributed by atoms with Crippen LogP contribution in [-0.2, 0) is 4.79 Å². The molecule has 1 aromatic carbocycles. The van der Waals surface area contributed by atoms with Gasteiger partial charge in [-0.1, -0.05) is 18.2 Å². The molecule has 0 saturated carbocycles. The monoisotopic (exact) mass is 302 g/mol. The summed E-state index contributed by atoms with van der Waals surface area (Å²) in [6.07, 6.45) is 3.62.